The first-order chi connectivity index (χ1) is 10.4. The van der Waals surface area contributed by atoms with E-state index in [0.717, 1.165) is 11.6 Å². The van der Waals surface area contributed by atoms with Crippen molar-refractivity contribution in [2.45, 2.75) is 6.54 Å². The average molecular weight is 308 g/mol. The van der Waals surface area contributed by atoms with E-state index in [1.165, 1.54) is 18.2 Å². The molecule has 0 aliphatic rings. The minimum absolute atomic E-state index is 0.0220. The summed E-state index contributed by atoms with van der Waals surface area (Å²) in [7, 11) is 1.71. The molecule has 0 aromatic heterocycles. The van der Waals surface area contributed by atoms with Gasteiger partial charge < -0.3 is 5.32 Å². The van der Waals surface area contributed by atoms with E-state index in [1.807, 2.05) is 0 Å². The van der Waals surface area contributed by atoms with Crippen LogP contribution in [-0.4, -0.2) is 24.4 Å². The molecule has 1 amide bonds. The molecule has 1 N–H and O–H groups in total. The Bertz CT molecular complexity index is 659. The quantitative estimate of drug-likeness (QED) is 0.920. The highest BCUT2D eigenvalue weighted by atomic mass is 19.1. The van der Waals surface area contributed by atoms with Crippen LogP contribution < -0.4 is 5.32 Å². The Kier molecular flexibility index (Phi) is 5.16. The Balaban J connectivity index is 1.89. The third-order valence-electron chi connectivity index (χ3n) is 2.98. The van der Waals surface area contributed by atoms with Gasteiger partial charge in [-0.15, -0.1) is 0 Å². The third-order valence-corrected chi connectivity index (χ3v) is 2.98. The van der Waals surface area contributed by atoms with Gasteiger partial charge in [0.2, 0.25) is 5.91 Å². The van der Waals surface area contributed by atoms with Crippen LogP contribution in [-0.2, 0) is 11.3 Å². The summed E-state index contributed by atoms with van der Waals surface area (Å²) in [5.41, 5.74) is 0.784. The second-order valence-electron chi connectivity index (χ2n) is 4.97. The third kappa shape index (κ3) is 4.60. The number of anilines is 1. The van der Waals surface area contributed by atoms with E-state index in [0.29, 0.717) is 12.6 Å². The van der Waals surface area contributed by atoms with E-state index in [4.69, 9.17) is 0 Å². The average Bonchev–Trinajstić information content (AvgIpc) is 2.44. The number of nitrogens with zero attached hydrogens (tertiary/aromatic N) is 1. The number of halogens is 3. The van der Waals surface area contributed by atoms with E-state index >= 15 is 0 Å². The molecule has 2 aromatic carbocycles. The summed E-state index contributed by atoms with van der Waals surface area (Å²) in [5, 5.41) is 2.38. The van der Waals surface area contributed by atoms with Crippen molar-refractivity contribution in [1.29, 1.82) is 0 Å². The summed E-state index contributed by atoms with van der Waals surface area (Å²) < 4.78 is 39.0. The molecule has 0 saturated heterocycles. The van der Waals surface area contributed by atoms with Crippen molar-refractivity contribution < 1.29 is 18.0 Å². The smallest absolute Gasteiger partial charge is 0.238 e. The second kappa shape index (κ2) is 7.09. The fraction of sp³-hybridized carbons (Fsp3) is 0.188. The molecule has 0 radical (unpaired) electrons. The van der Waals surface area contributed by atoms with Gasteiger partial charge in [-0.3, -0.25) is 9.69 Å². The molecule has 0 aliphatic heterocycles. The highest BCUT2D eigenvalue weighted by Gasteiger charge is 2.10. The zero-order valence-corrected chi connectivity index (χ0v) is 11.9. The lowest BCUT2D eigenvalue weighted by Crippen LogP contribution is -2.30. The van der Waals surface area contributed by atoms with Crippen molar-refractivity contribution in [2.75, 3.05) is 18.9 Å². The first-order valence-electron chi connectivity index (χ1n) is 6.62. The van der Waals surface area contributed by atoms with Crippen LogP contribution in [0.1, 0.15) is 5.56 Å². The van der Waals surface area contributed by atoms with E-state index in [9.17, 15) is 18.0 Å². The van der Waals surface area contributed by atoms with Crippen LogP contribution in [0, 0.1) is 17.5 Å². The lowest BCUT2D eigenvalue weighted by Gasteiger charge is -2.16. The topological polar surface area (TPSA) is 32.3 Å². The fourth-order valence-electron chi connectivity index (χ4n) is 1.98. The number of nitrogens with one attached hydrogen (secondary N) is 1. The molecule has 2 rings (SSSR count). The molecule has 2 aromatic rings. The van der Waals surface area contributed by atoms with Gasteiger partial charge in [0.25, 0.3) is 0 Å². The van der Waals surface area contributed by atoms with Gasteiger partial charge in [-0.25, -0.2) is 13.2 Å². The molecular weight excluding hydrogens is 293 g/mol. The normalized spacial score (nSPS) is 10.8. The number of likely N-dealkylation sites (N-methyl/N-ethyl adjacent to an activating group) is 1. The van der Waals surface area contributed by atoms with Crippen LogP contribution in [0.4, 0.5) is 18.9 Å². The summed E-state index contributed by atoms with van der Waals surface area (Å²) in [6, 6.07) is 8.89. The SMILES string of the molecule is CN(CC(=O)Nc1ccc(F)cc1F)Cc1ccc(F)cc1. The van der Waals surface area contributed by atoms with E-state index in [-0.39, 0.29) is 18.0 Å². The summed E-state index contributed by atoms with van der Waals surface area (Å²) >= 11 is 0. The van der Waals surface area contributed by atoms with E-state index < -0.39 is 17.5 Å². The number of carbonyl (C=O) groups is 1. The molecule has 0 bridgehead atoms. The predicted octanol–water partition coefficient (Wildman–Crippen LogP) is 3.17. The summed E-state index contributed by atoms with van der Waals surface area (Å²) in [6.07, 6.45) is 0. The van der Waals surface area contributed by atoms with Crippen LogP contribution in [0.25, 0.3) is 0 Å². The molecule has 3 nitrogen and oxygen atoms in total. The molecule has 6 heteroatoms. The maximum absolute atomic E-state index is 13.4. The minimum atomic E-state index is -0.825. The van der Waals surface area contributed by atoms with Crippen molar-refractivity contribution in [2.24, 2.45) is 0 Å². The molecule has 0 unspecified atom stereocenters. The van der Waals surface area contributed by atoms with E-state index in [2.05, 4.69) is 5.32 Å². The number of benzene rings is 2. The van der Waals surface area contributed by atoms with Gasteiger partial charge in [-0.05, 0) is 36.9 Å². The zero-order chi connectivity index (χ0) is 16.1. The van der Waals surface area contributed by atoms with Gasteiger partial charge in [0.1, 0.15) is 17.5 Å². The minimum Gasteiger partial charge on any atom is -0.322 e. The van der Waals surface area contributed by atoms with Crippen molar-refractivity contribution in [3.05, 3.63) is 65.5 Å². The molecule has 0 fully saturated rings. The first-order valence-corrected chi connectivity index (χ1v) is 6.62. The Hall–Kier alpha value is -2.34. The Labute approximate surface area is 126 Å². The Morgan fingerprint density at radius 2 is 1.68 bits per heavy atom. The molecule has 116 valence electrons. The van der Waals surface area contributed by atoms with E-state index in [1.54, 1.807) is 24.1 Å². The van der Waals surface area contributed by atoms with Crippen molar-refractivity contribution >= 4 is 11.6 Å². The highest BCUT2D eigenvalue weighted by Crippen LogP contribution is 2.15. The van der Waals surface area contributed by atoms with Gasteiger partial charge in [0.15, 0.2) is 0 Å². The zero-order valence-electron chi connectivity index (χ0n) is 11.9. The van der Waals surface area contributed by atoms with Gasteiger partial charge in [0.05, 0.1) is 12.2 Å². The Morgan fingerprint density at radius 3 is 2.32 bits per heavy atom. The molecule has 0 heterocycles. The van der Waals surface area contributed by atoms with Crippen LogP contribution in [0.15, 0.2) is 42.5 Å². The number of amides is 1. The number of rotatable bonds is 5. The molecule has 0 atom stereocenters. The van der Waals surface area contributed by atoms with Gasteiger partial charge in [0, 0.05) is 12.6 Å². The van der Waals surface area contributed by atoms with Gasteiger partial charge >= 0.3 is 0 Å². The van der Waals surface area contributed by atoms with Crippen molar-refractivity contribution in [3.63, 3.8) is 0 Å². The largest absolute Gasteiger partial charge is 0.322 e. The first kappa shape index (κ1) is 16.0. The van der Waals surface area contributed by atoms with Crippen LogP contribution in [0.2, 0.25) is 0 Å². The molecule has 22 heavy (non-hydrogen) atoms. The summed E-state index contributed by atoms with van der Waals surface area (Å²) in [5.74, 6) is -2.27. The lowest BCUT2D eigenvalue weighted by molar-refractivity contribution is -0.117. The summed E-state index contributed by atoms with van der Waals surface area (Å²) in [6.45, 7) is 0.466. The summed E-state index contributed by atoms with van der Waals surface area (Å²) in [4.78, 5) is 13.5. The van der Waals surface area contributed by atoms with Crippen LogP contribution >= 0.6 is 0 Å². The molecular formula is C16H15F3N2O. The maximum atomic E-state index is 13.4. The fourth-order valence-corrected chi connectivity index (χ4v) is 1.98. The monoisotopic (exact) mass is 308 g/mol. The molecule has 0 saturated carbocycles. The molecule has 0 aliphatic carbocycles. The standard InChI is InChI=1S/C16H15F3N2O/c1-21(9-11-2-4-12(17)5-3-11)10-16(22)20-15-7-6-13(18)8-14(15)19/h2-8H,9-10H2,1H3,(H,20,22). The highest BCUT2D eigenvalue weighted by molar-refractivity contribution is 5.92. The molecule has 0 spiro atoms. The number of carbonyl (C=O) groups excluding carboxylic acids is 1. The van der Waals surface area contributed by atoms with Gasteiger partial charge in [-0.2, -0.15) is 0 Å². The second-order valence-corrected chi connectivity index (χ2v) is 4.97. The van der Waals surface area contributed by atoms with Crippen LogP contribution in [0.5, 0.6) is 0 Å². The lowest BCUT2D eigenvalue weighted by atomic mass is 10.2. The van der Waals surface area contributed by atoms with Crippen LogP contribution in [0.3, 0.4) is 0 Å². The van der Waals surface area contributed by atoms with Crippen molar-refractivity contribution in [3.8, 4) is 0 Å². The van der Waals surface area contributed by atoms with Crippen molar-refractivity contribution in [1.82, 2.24) is 4.90 Å². The number of hydrogen-bond donors (Lipinski definition) is 1. The Morgan fingerprint density at radius 1 is 1.05 bits per heavy atom. The predicted molar refractivity (Wildman–Crippen MR) is 77.7 cm³/mol. The maximum Gasteiger partial charge on any atom is 0.238 e. The van der Waals surface area contributed by atoms with Gasteiger partial charge in [-0.1, -0.05) is 12.1 Å². The number of hydrogen-bond acceptors (Lipinski definition) is 2.